The van der Waals surface area contributed by atoms with E-state index in [9.17, 15) is 0 Å². The third-order valence-corrected chi connectivity index (χ3v) is 4.27. The van der Waals surface area contributed by atoms with E-state index in [2.05, 4.69) is 68.4 Å². The molecule has 25 heavy (non-hydrogen) atoms. The van der Waals surface area contributed by atoms with Crippen LogP contribution in [0.25, 0.3) is 0 Å². The third-order valence-electron chi connectivity index (χ3n) is 4.27. The molecule has 0 atom stereocenters. The number of anilines is 3. The van der Waals surface area contributed by atoms with E-state index >= 15 is 0 Å². The topological polar surface area (TPSA) is 66.4 Å². The fourth-order valence-electron chi connectivity index (χ4n) is 2.92. The first-order valence-corrected chi connectivity index (χ1v) is 8.84. The molecule has 0 amide bonds. The lowest BCUT2D eigenvalue weighted by atomic mass is 10.2. The maximum absolute atomic E-state index is 5.37. The Morgan fingerprint density at radius 2 is 2.12 bits per heavy atom. The minimum absolute atomic E-state index is 0.567. The fourth-order valence-corrected chi connectivity index (χ4v) is 2.92. The van der Waals surface area contributed by atoms with Crippen LogP contribution in [-0.4, -0.2) is 66.0 Å². The Kier molecular flexibility index (Phi) is 6.14. The van der Waals surface area contributed by atoms with Crippen LogP contribution in [0.4, 0.5) is 17.5 Å². The molecule has 0 radical (unpaired) electrons. The highest BCUT2D eigenvalue weighted by molar-refractivity contribution is 5.60. The molecule has 1 aliphatic heterocycles. The number of ether oxygens (including phenoxy) is 1. The molecule has 0 saturated carbocycles. The lowest BCUT2D eigenvalue weighted by Crippen LogP contribution is -2.39. The Morgan fingerprint density at radius 3 is 2.88 bits per heavy atom. The van der Waals surface area contributed by atoms with Crippen molar-refractivity contribution in [1.29, 1.82) is 0 Å². The zero-order valence-electron chi connectivity index (χ0n) is 15.0. The Morgan fingerprint density at radius 1 is 1.28 bits per heavy atom. The summed E-state index contributed by atoms with van der Waals surface area (Å²) in [7, 11) is 0. The summed E-state index contributed by atoms with van der Waals surface area (Å²) < 4.78 is 5.37. The molecule has 0 aliphatic carbocycles. The maximum atomic E-state index is 5.37. The van der Waals surface area contributed by atoms with Crippen molar-refractivity contribution < 1.29 is 4.74 Å². The highest BCUT2D eigenvalue weighted by Gasteiger charge is 2.12. The van der Waals surface area contributed by atoms with E-state index in [0.717, 1.165) is 57.4 Å². The van der Waals surface area contributed by atoms with Crippen molar-refractivity contribution in [2.45, 2.75) is 13.8 Å². The summed E-state index contributed by atoms with van der Waals surface area (Å²) >= 11 is 0. The van der Waals surface area contributed by atoms with Crippen LogP contribution >= 0.6 is 0 Å². The van der Waals surface area contributed by atoms with Gasteiger partial charge in [-0.2, -0.15) is 10.1 Å². The lowest BCUT2D eigenvalue weighted by Gasteiger charge is -2.26. The van der Waals surface area contributed by atoms with Gasteiger partial charge >= 0.3 is 0 Å². The number of aryl methyl sites for hydroxylation is 1. The summed E-state index contributed by atoms with van der Waals surface area (Å²) in [4.78, 5) is 9.14. The van der Waals surface area contributed by atoms with Gasteiger partial charge in [0, 0.05) is 38.4 Å². The van der Waals surface area contributed by atoms with E-state index in [1.807, 2.05) is 0 Å². The number of rotatable bonds is 7. The summed E-state index contributed by atoms with van der Waals surface area (Å²) in [5.74, 6) is 1.37. The van der Waals surface area contributed by atoms with E-state index in [0.29, 0.717) is 5.95 Å². The zero-order chi connectivity index (χ0) is 17.5. The summed E-state index contributed by atoms with van der Waals surface area (Å²) in [6, 6.07) is 8.39. The molecule has 1 aromatic heterocycles. The number of aromatic nitrogens is 3. The van der Waals surface area contributed by atoms with E-state index < -0.39 is 0 Å². The van der Waals surface area contributed by atoms with Crippen molar-refractivity contribution in [1.82, 2.24) is 20.1 Å². The lowest BCUT2D eigenvalue weighted by molar-refractivity contribution is 0.0398. The van der Waals surface area contributed by atoms with Gasteiger partial charge in [0.05, 0.1) is 19.4 Å². The Hall–Kier alpha value is -2.25. The van der Waals surface area contributed by atoms with Crippen LogP contribution in [0.3, 0.4) is 0 Å². The first-order chi connectivity index (χ1) is 12.3. The van der Waals surface area contributed by atoms with Gasteiger partial charge in [-0.1, -0.05) is 12.1 Å². The molecule has 1 aliphatic rings. The van der Waals surface area contributed by atoms with E-state index in [-0.39, 0.29) is 0 Å². The van der Waals surface area contributed by atoms with E-state index in [1.165, 1.54) is 5.56 Å². The van der Waals surface area contributed by atoms with Crippen LogP contribution in [0.5, 0.6) is 0 Å². The molecular formula is C18H26N6O. The minimum atomic E-state index is 0.567. The van der Waals surface area contributed by atoms with Crippen LogP contribution in [0.1, 0.15) is 12.5 Å². The second kappa shape index (κ2) is 8.73. The monoisotopic (exact) mass is 342 g/mol. The standard InChI is InChI=1S/C18H26N6O/c1-3-24(16-6-4-5-15(2)13-16)17-14-20-22-18(21-17)19-7-8-23-9-11-25-12-10-23/h4-6,13-14H,3,7-12H2,1-2H3,(H,19,21,22). The predicted molar refractivity (Wildman–Crippen MR) is 99.4 cm³/mol. The van der Waals surface area contributed by atoms with Gasteiger partial charge in [0.15, 0.2) is 5.82 Å². The van der Waals surface area contributed by atoms with Crippen LogP contribution in [0.15, 0.2) is 30.5 Å². The Balaban J connectivity index is 1.63. The highest BCUT2D eigenvalue weighted by atomic mass is 16.5. The number of hydrogen-bond acceptors (Lipinski definition) is 7. The van der Waals surface area contributed by atoms with Crippen molar-refractivity contribution in [2.24, 2.45) is 0 Å². The molecule has 1 saturated heterocycles. The molecule has 1 fully saturated rings. The average Bonchev–Trinajstić information content (AvgIpc) is 2.64. The number of morpholine rings is 1. The van der Waals surface area contributed by atoms with Gasteiger partial charge in [0.1, 0.15) is 0 Å². The zero-order valence-corrected chi connectivity index (χ0v) is 15.0. The minimum Gasteiger partial charge on any atom is -0.379 e. The molecule has 0 bridgehead atoms. The Labute approximate surface area is 149 Å². The van der Waals surface area contributed by atoms with Crippen molar-refractivity contribution in [3.05, 3.63) is 36.0 Å². The summed E-state index contributed by atoms with van der Waals surface area (Å²) in [6.07, 6.45) is 1.71. The molecule has 0 unspecified atom stereocenters. The predicted octanol–water partition coefficient (Wildman–Crippen LogP) is 2.08. The quantitative estimate of drug-likeness (QED) is 0.826. The van der Waals surface area contributed by atoms with Crippen molar-refractivity contribution in [3.8, 4) is 0 Å². The fraction of sp³-hybridized carbons (Fsp3) is 0.500. The first kappa shape index (κ1) is 17.6. The number of hydrogen-bond donors (Lipinski definition) is 1. The van der Waals surface area contributed by atoms with Crippen molar-refractivity contribution in [2.75, 3.05) is 56.2 Å². The second-order valence-electron chi connectivity index (χ2n) is 6.10. The molecule has 2 heterocycles. The first-order valence-electron chi connectivity index (χ1n) is 8.84. The van der Waals surface area contributed by atoms with Gasteiger partial charge in [0.2, 0.25) is 5.95 Å². The van der Waals surface area contributed by atoms with E-state index in [1.54, 1.807) is 6.20 Å². The van der Waals surface area contributed by atoms with Gasteiger partial charge in [-0.15, -0.1) is 5.10 Å². The van der Waals surface area contributed by atoms with Gasteiger partial charge in [0.25, 0.3) is 0 Å². The van der Waals surface area contributed by atoms with E-state index in [4.69, 9.17) is 4.74 Å². The number of nitrogens with zero attached hydrogens (tertiary/aromatic N) is 5. The molecule has 7 nitrogen and oxygen atoms in total. The number of benzene rings is 1. The molecule has 7 heteroatoms. The van der Waals surface area contributed by atoms with Gasteiger partial charge < -0.3 is 15.0 Å². The van der Waals surface area contributed by atoms with Crippen LogP contribution in [0, 0.1) is 6.92 Å². The molecule has 1 aromatic carbocycles. The number of nitrogens with one attached hydrogen (secondary N) is 1. The normalized spacial score (nSPS) is 15.1. The molecular weight excluding hydrogens is 316 g/mol. The highest BCUT2D eigenvalue weighted by Crippen LogP contribution is 2.23. The van der Waals surface area contributed by atoms with Gasteiger partial charge in [-0.05, 0) is 31.5 Å². The molecule has 3 rings (SSSR count). The largest absolute Gasteiger partial charge is 0.379 e. The molecule has 134 valence electrons. The summed E-state index contributed by atoms with van der Waals surface area (Å²) in [5.41, 5.74) is 2.34. The van der Waals surface area contributed by atoms with Gasteiger partial charge in [-0.25, -0.2) is 0 Å². The van der Waals surface area contributed by atoms with Crippen LogP contribution in [-0.2, 0) is 4.74 Å². The SMILES string of the molecule is CCN(c1cccc(C)c1)c1cnnc(NCCN2CCOCC2)n1. The molecule has 0 spiro atoms. The van der Waals surface area contributed by atoms with Crippen molar-refractivity contribution in [3.63, 3.8) is 0 Å². The van der Waals surface area contributed by atoms with Crippen LogP contribution < -0.4 is 10.2 Å². The average molecular weight is 342 g/mol. The summed E-state index contributed by atoms with van der Waals surface area (Å²) in [6.45, 7) is 10.4. The van der Waals surface area contributed by atoms with Gasteiger partial charge in [-0.3, -0.25) is 4.90 Å². The molecule has 1 N–H and O–H groups in total. The van der Waals surface area contributed by atoms with Crippen LogP contribution in [0.2, 0.25) is 0 Å². The smallest absolute Gasteiger partial charge is 0.244 e. The third kappa shape index (κ3) is 4.87. The summed E-state index contributed by atoms with van der Waals surface area (Å²) in [5, 5.41) is 11.5. The molecule has 2 aromatic rings. The van der Waals surface area contributed by atoms with Crippen molar-refractivity contribution >= 4 is 17.5 Å². The second-order valence-corrected chi connectivity index (χ2v) is 6.10. The maximum Gasteiger partial charge on any atom is 0.244 e. The Bertz CT molecular complexity index is 674.